The summed E-state index contributed by atoms with van der Waals surface area (Å²) in [5.41, 5.74) is 7.95. The van der Waals surface area contributed by atoms with E-state index in [4.69, 9.17) is 15.6 Å². The molecule has 0 aromatic heterocycles. The van der Waals surface area contributed by atoms with Gasteiger partial charge in [-0.05, 0) is 25.3 Å². The van der Waals surface area contributed by atoms with Gasteiger partial charge < -0.3 is 26.2 Å². The minimum atomic E-state index is -0.161. The first-order valence-electron chi connectivity index (χ1n) is 6.41. The van der Waals surface area contributed by atoms with Crippen molar-refractivity contribution in [2.75, 3.05) is 36.1 Å². The van der Waals surface area contributed by atoms with Gasteiger partial charge in [-0.2, -0.15) is 0 Å². The Morgan fingerprint density at radius 3 is 3.00 bits per heavy atom. The highest BCUT2D eigenvalue weighted by atomic mass is 16.5. The number of nitrogen functional groups attached to an aromatic ring is 1. The Morgan fingerprint density at radius 2 is 2.21 bits per heavy atom. The van der Waals surface area contributed by atoms with Crippen LogP contribution in [0.25, 0.3) is 0 Å². The lowest BCUT2D eigenvalue weighted by atomic mass is 10.2. The quantitative estimate of drug-likeness (QED) is 0.457. The van der Waals surface area contributed by atoms with Crippen LogP contribution in [0.1, 0.15) is 19.3 Å². The Morgan fingerprint density at radius 1 is 1.37 bits per heavy atom. The lowest BCUT2D eigenvalue weighted by molar-refractivity contribution is -0.118. The second-order valence-electron chi connectivity index (χ2n) is 4.48. The zero-order chi connectivity index (χ0) is 13.7. The fourth-order valence-corrected chi connectivity index (χ4v) is 1.93. The number of aliphatic hydroxyl groups is 1. The van der Waals surface area contributed by atoms with Crippen LogP contribution in [-0.4, -0.2) is 30.8 Å². The van der Waals surface area contributed by atoms with Gasteiger partial charge in [0.15, 0.2) is 6.61 Å². The third-order valence-electron chi connectivity index (χ3n) is 2.93. The van der Waals surface area contributed by atoms with Gasteiger partial charge in [0.05, 0.1) is 17.1 Å². The molecule has 6 heteroatoms. The van der Waals surface area contributed by atoms with Crippen LogP contribution in [0, 0.1) is 0 Å². The van der Waals surface area contributed by atoms with Crippen LogP contribution in [0.3, 0.4) is 0 Å². The monoisotopic (exact) mass is 265 g/mol. The molecule has 5 N–H and O–H groups in total. The van der Waals surface area contributed by atoms with Crippen LogP contribution in [0.5, 0.6) is 5.75 Å². The number of hydrogen-bond donors (Lipinski definition) is 4. The Labute approximate surface area is 111 Å². The van der Waals surface area contributed by atoms with Crippen molar-refractivity contribution in [3.8, 4) is 5.75 Å². The predicted molar refractivity (Wildman–Crippen MR) is 74.4 cm³/mol. The second kappa shape index (κ2) is 6.29. The summed E-state index contributed by atoms with van der Waals surface area (Å²) in [6, 6.07) is 3.50. The van der Waals surface area contributed by atoms with E-state index in [0.29, 0.717) is 17.1 Å². The lowest BCUT2D eigenvalue weighted by Gasteiger charge is -2.20. The normalized spacial score (nSPS) is 13.4. The van der Waals surface area contributed by atoms with Gasteiger partial charge in [-0.25, -0.2) is 0 Å². The smallest absolute Gasteiger partial charge is 0.262 e. The summed E-state index contributed by atoms with van der Waals surface area (Å²) in [7, 11) is 0. The Bertz CT molecular complexity index is 463. The summed E-state index contributed by atoms with van der Waals surface area (Å²) in [5, 5.41) is 14.7. The second-order valence-corrected chi connectivity index (χ2v) is 4.48. The van der Waals surface area contributed by atoms with Crippen molar-refractivity contribution in [1.82, 2.24) is 0 Å². The van der Waals surface area contributed by atoms with Crippen molar-refractivity contribution in [2.45, 2.75) is 19.3 Å². The summed E-state index contributed by atoms with van der Waals surface area (Å²) in [6.45, 7) is 1.03. The average molecular weight is 265 g/mol. The minimum absolute atomic E-state index is 0.0281. The van der Waals surface area contributed by atoms with E-state index in [2.05, 4.69) is 10.6 Å². The number of hydrogen-bond acceptors (Lipinski definition) is 5. The van der Waals surface area contributed by atoms with E-state index in [1.54, 1.807) is 12.1 Å². The molecule has 1 aliphatic heterocycles. The van der Waals surface area contributed by atoms with Gasteiger partial charge in [0.25, 0.3) is 5.91 Å². The van der Waals surface area contributed by atoms with Crippen molar-refractivity contribution in [1.29, 1.82) is 0 Å². The number of aliphatic hydroxyl groups excluding tert-OH is 1. The average Bonchev–Trinajstić information content (AvgIpc) is 2.39. The number of ether oxygens (including phenoxy) is 1. The molecule has 0 unspecified atom stereocenters. The molecule has 0 saturated carbocycles. The van der Waals surface area contributed by atoms with E-state index in [9.17, 15) is 4.79 Å². The highest BCUT2D eigenvalue weighted by Crippen LogP contribution is 2.35. The number of benzene rings is 1. The van der Waals surface area contributed by atoms with Gasteiger partial charge in [0, 0.05) is 19.2 Å². The van der Waals surface area contributed by atoms with Gasteiger partial charge >= 0.3 is 0 Å². The first-order chi connectivity index (χ1) is 9.20. The molecule has 104 valence electrons. The maximum absolute atomic E-state index is 11.2. The fraction of sp³-hybridized carbons (Fsp3) is 0.462. The number of anilines is 3. The largest absolute Gasteiger partial charge is 0.482 e. The first-order valence-corrected chi connectivity index (χ1v) is 6.41. The van der Waals surface area contributed by atoms with E-state index in [1.165, 1.54) is 0 Å². The van der Waals surface area contributed by atoms with Crippen molar-refractivity contribution in [3.05, 3.63) is 12.1 Å². The highest BCUT2D eigenvalue weighted by molar-refractivity contribution is 5.97. The predicted octanol–water partition coefficient (Wildman–Crippen LogP) is 1.17. The SMILES string of the molecule is Nc1cc2c(cc1NCCCCCO)NC(=O)CO2. The summed E-state index contributed by atoms with van der Waals surface area (Å²) in [5.74, 6) is 0.439. The zero-order valence-electron chi connectivity index (χ0n) is 10.7. The van der Waals surface area contributed by atoms with Crippen LogP contribution in [0.15, 0.2) is 12.1 Å². The number of unbranched alkanes of at least 4 members (excludes halogenated alkanes) is 2. The fourth-order valence-electron chi connectivity index (χ4n) is 1.93. The molecule has 1 amide bonds. The molecule has 0 bridgehead atoms. The van der Waals surface area contributed by atoms with E-state index < -0.39 is 0 Å². The molecule has 0 saturated heterocycles. The number of carbonyl (C=O) groups excluding carboxylic acids is 1. The van der Waals surface area contributed by atoms with Crippen LogP contribution >= 0.6 is 0 Å². The van der Waals surface area contributed by atoms with Crippen LogP contribution in [0.4, 0.5) is 17.1 Å². The molecule has 6 nitrogen and oxygen atoms in total. The van der Waals surface area contributed by atoms with Crippen molar-refractivity contribution in [3.63, 3.8) is 0 Å². The summed E-state index contributed by atoms with van der Waals surface area (Å²) in [6.07, 6.45) is 2.74. The van der Waals surface area contributed by atoms with Crippen molar-refractivity contribution in [2.24, 2.45) is 0 Å². The zero-order valence-corrected chi connectivity index (χ0v) is 10.7. The Kier molecular flexibility index (Phi) is 4.46. The van der Waals surface area contributed by atoms with Crippen molar-refractivity contribution < 1.29 is 14.6 Å². The van der Waals surface area contributed by atoms with E-state index in [0.717, 1.165) is 31.5 Å². The number of carbonyl (C=O) groups is 1. The molecule has 1 heterocycles. The molecule has 1 aromatic rings. The number of amides is 1. The molecule has 1 aliphatic rings. The van der Waals surface area contributed by atoms with E-state index in [-0.39, 0.29) is 19.1 Å². The molecule has 0 radical (unpaired) electrons. The van der Waals surface area contributed by atoms with E-state index >= 15 is 0 Å². The summed E-state index contributed by atoms with van der Waals surface area (Å²) >= 11 is 0. The minimum Gasteiger partial charge on any atom is -0.482 e. The molecule has 0 fully saturated rings. The first kappa shape index (κ1) is 13.5. The van der Waals surface area contributed by atoms with Crippen molar-refractivity contribution >= 4 is 23.0 Å². The topological polar surface area (TPSA) is 96.6 Å². The lowest BCUT2D eigenvalue weighted by Crippen LogP contribution is -2.25. The van der Waals surface area contributed by atoms with Gasteiger partial charge in [0.2, 0.25) is 0 Å². The third kappa shape index (κ3) is 3.51. The van der Waals surface area contributed by atoms with Crippen LogP contribution in [-0.2, 0) is 4.79 Å². The number of nitrogens with one attached hydrogen (secondary N) is 2. The number of rotatable bonds is 6. The molecule has 2 rings (SSSR count). The van der Waals surface area contributed by atoms with Gasteiger partial charge in [-0.15, -0.1) is 0 Å². The maximum atomic E-state index is 11.2. The highest BCUT2D eigenvalue weighted by Gasteiger charge is 2.17. The van der Waals surface area contributed by atoms with Gasteiger partial charge in [-0.1, -0.05) is 0 Å². The van der Waals surface area contributed by atoms with Crippen LogP contribution in [0.2, 0.25) is 0 Å². The summed E-state index contributed by atoms with van der Waals surface area (Å²) in [4.78, 5) is 11.2. The van der Waals surface area contributed by atoms with Gasteiger partial charge in [-0.3, -0.25) is 4.79 Å². The molecule has 1 aromatic carbocycles. The Hall–Kier alpha value is -1.95. The van der Waals surface area contributed by atoms with E-state index in [1.807, 2.05) is 0 Å². The molecule has 0 atom stereocenters. The van der Waals surface area contributed by atoms with Gasteiger partial charge in [0.1, 0.15) is 5.75 Å². The number of nitrogens with two attached hydrogens (primary N) is 1. The maximum Gasteiger partial charge on any atom is 0.262 e. The molecule has 19 heavy (non-hydrogen) atoms. The molecular weight excluding hydrogens is 246 g/mol. The standard InChI is InChI=1S/C13H19N3O3/c14-9-6-12-11(16-13(18)8-19-12)7-10(9)15-4-2-1-3-5-17/h6-7,15,17H,1-5,8,14H2,(H,16,18). The number of fused-ring (bicyclic) bond motifs is 1. The Balaban J connectivity index is 1.97. The molecular formula is C13H19N3O3. The third-order valence-corrected chi connectivity index (χ3v) is 2.93. The molecule has 0 aliphatic carbocycles. The van der Waals surface area contributed by atoms with Crippen LogP contribution < -0.4 is 21.1 Å². The molecule has 0 spiro atoms. The summed E-state index contributed by atoms with van der Waals surface area (Å²) < 4.78 is 5.28.